The van der Waals surface area contributed by atoms with Crippen LogP contribution in [0.5, 0.6) is 0 Å². The van der Waals surface area contributed by atoms with Crippen molar-refractivity contribution in [2.45, 2.75) is 26.3 Å². The summed E-state index contributed by atoms with van der Waals surface area (Å²) in [4.78, 5) is 12.8. The molecule has 0 bridgehead atoms. The molecule has 6 heteroatoms. The molecule has 1 aromatic carbocycles. The van der Waals surface area contributed by atoms with Crippen molar-refractivity contribution in [2.24, 2.45) is 5.92 Å². The molecule has 1 saturated heterocycles. The number of nitrogen functional groups attached to an aromatic ring is 1. The molecule has 0 aliphatic carbocycles. The molecule has 1 heterocycles. The fourth-order valence-corrected chi connectivity index (χ4v) is 2.60. The van der Waals surface area contributed by atoms with Crippen molar-refractivity contribution < 1.29 is 4.92 Å². The second-order valence-corrected chi connectivity index (χ2v) is 5.69. The summed E-state index contributed by atoms with van der Waals surface area (Å²) >= 11 is 0. The van der Waals surface area contributed by atoms with Gasteiger partial charge in [-0.25, -0.2) is 0 Å². The van der Waals surface area contributed by atoms with Crippen molar-refractivity contribution in [3.05, 3.63) is 28.3 Å². The minimum atomic E-state index is -0.419. The van der Waals surface area contributed by atoms with Gasteiger partial charge in [0.05, 0.1) is 4.92 Å². The fraction of sp³-hybridized carbons (Fsp3) is 0.571. The Balaban J connectivity index is 1.93. The van der Waals surface area contributed by atoms with Gasteiger partial charge >= 0.3 is 0 Å². The minimum absolute atomic E-state index is 0.0303. The Kier molecular flexibility index (Phi) is 4.44. The van der Waals surface area contributed by atoms with Crippen LogP contribution in [0.3, 0.4) is 0 Å². The van der Waals surface area contributed by atoms with E-state index in [1.807, 2.05) is 0 Å². The molecule has 0 amide bonds. The van der Waals surface area contributed by atoms with Crippen molar-refractivity contribution >= 4 is 17.1 Å². The number of hydrogen-bond acceptors (Lipinski definition) is 5. The van der Waals surface area contributed by atoms with Gasteiger partial charge in [0.1, 0.15) is 0 Å². The SMILES string of the molecule is CC(C)N1CCC(CNc2cc(N)cc([N+](=O)[O-])c2)C1. The number of benzene rings is 1. The Labute approximate surface area is 119 Å². The monoisotopic (exact) mass is 278 g/mol. The minimum Gasteiger partial charge on any atom is -0.398 e. The lowest BCUT2D eigenvalue weighted by Crippen LogP contribution is -2.29. The number of nitrogens with zero attached hydrogens (tertiary/aromatic N) is 2. The molecule has 20 heavy (non-hydrogen) atoms. The van der Waals surface area contributed by atoms with Gasteiger partial charge in [-0.1, -0.05) is 0 Å². The van der Waals surface area contributed by atoms with E-state index in [1.165, 1.54) is 12.1 Å². The van der Waals surface area contributed by atoms with E-state index >= 15 is 0 Å². The van der Waals surface area contributed by atoms with Gasteiger partial charge in [-0.2, -0.15) is 0 Å². The molecule has 1 aliphatic rings. The third kappa shape index (κ3) is 3.60. The largest absolute Gasteiger partial charge is 0.398 e. The third-order valence-corrected chi connectivity index (χ3v) is 3.79. The summed E-state index contributed by atoms with van der Waals surface area (Å²) in [6.45, 7) is 7.44. The number of nitrogens with one attached hydrogen (secondary N) is 1. The molecule has 1 unspecified atom stereocenters. The highest BCUT2D eigenvalue weighted by Gasteiger charge is 2.23. The Bertz CT molecular complexity index is 490. The number of nitro benzene ring substituents is 1. The van der Waals surface area contributed by atoms with E-state index < -0.39 is 4.92 Å². The topological polar surface area (TPSA) is 84.4 Å². The first-order chi connectivity index (χ1) is 9.45. The Morgan fingerprint density at radius 2 is 2.25 bits per heavy atom. The Hall–Kier alpha value is -1.82. The zero-order chi connectivity index (χ0) is 14.7. The summed E-state index contributed by atoms with van der Waals surface area (Å²) in [5, 5.41) is 14.1. The lowest BCUT2D eigenvalue weighted by Gasteiger charge is -2.20. The first-order valence-corrected chi connectivity index (χ1v) is 6.98. The van der Waals surface area contributed by atoms with E-state index in [2.05, 4.69) is 24.1 Å². The molecule has 0 spiro atoms. The predicted molar refractivity (Wildman–Crippen MR) is 80.8 cm³/mol. The van der Waals surface area contributed by atoms with Crippen molar-refractivity contribution in [1.29, 1.82) is 0 Å². The summed E-state index contributed by atoms with van der Waals surface area (Å²) < 4.78 is 0. The lowest BCUT2D eigenvalue weighted by molar-refractivity contribution is -0.384. The summed E-state index contributed by atoms with van der Waals surface area (Å²) in [5.41, 5.74) is 6.86. The van der Waals surface area contributed by atoms with Crippen LogP contribution < -0.4 is 11.1 Å². The molecule has 0 saturated carbocycles. The van der Waals surface area contributed by atoms with Crippen LogP contribution in [0.25, 0.3) is 0 Å². The third-order valence-electron chi connectivity index (χ3n) is 3.79. The predicted octanol–water partition coefficient (Wildman–Crippen LogP) is 2.32. The first-order valence-electron chi connectivity index (χ1n) is 6.98. The van der Waals surface area contributed by atoms with Crippen molar-refractivity contribution in [3.63, 3.8) is 0 Å². The fourth-order valence-electron chi connectivity index (χ4n) is 2.60. The molecule has 6 nitrogen and oxygen atoms in total. The Morgan fingerprint density at radius 3 is 2.85 bits per heavy atom. The van der Waals surface area contributed by atoms with Crippen LogP contribution >= 0.6 is 0 Å². The van der Waals surface area contributed by atoms with Crippen LogP contribution in [0.4, 0.5) is 17.1 Å². The van der Waals surface area contributed by atoms with Gasteiger partial charge in [-0.15, -0.1) is 0 Å². The van der Waals surface area contributed by atoms with Crippen LogP contribution in [0.15, 0.2) is 18.2 Å². The number of nitro groups is 1. The molecule has 1 aliphatic heterocycles. The standard InChI is InChI=1S/C14H22N4O2/c1-10(2)17-4-3-11(9-17)8-16-13-5-12(15)6-14(7-13)18(19)20/h5-7,10-11,16H,3-4,8-9,15H2,1-2H3. The summed E-state index contributed by atoms with van der Waals surface area (Å²) in [5.74, 6) is 0.581. The number of likely N-dealkylation sites (tertiary alicyclic amines) is 1. The maximum Gasteiger partial charge on any atom is 0.273 e. The van der Waals surface area contributed by atoms with E-state index in [0.717, 1.165) is 31.7 Å². The zero-order valence-electron chi connectivity index (χ0n) is 12.0. The number of non-ortho nitro benzene ring substituents is 1. The second-order valence-electron chi connectivity index (χ2n) is 5.69. The number of rotatable bonds is 5. The van der Waals surface area contributed by atoms with E-state index in [1.54, 1.807) is 6.07 Å². The number of nitrogens with two attached hydrogens (primary N) is 1. The van der Waals surface area contributed by atoms with Crippen molar-refractivity contribution in [2.75, 3.05) is 30.7 Å². The van der Waals surface area contributed by atoms with Crippen LogP contribution in [-0.4, -0.2) is 35.5 Å². The molecular formula is C14H22N4O2. The first kappa shape index (κ1) is 14.6. The lowest BCUT2D eigenvalue weighted by atomic mass is 10.1. The molecule has 1 aromatic rings. The summed E-state index contributed by atoms with van der Waals surface area (Å²) in [6.07, 6.45) is 1.16. The summed E-state index contributed by atoms with van der Waals surface area (Å²) in [7, 11) is 0. The molecule has 3 N–H and O–H groups in total. The smallest absolute Gasteiger partial charge is 0.273 e. The van der Waals surface area contributed by atoms with Gasteiger partial charge in [0, 0.05) is 42.6 Å². The van der Waals surface area contributed by atoms with Crippen molar-refractivity contribution in [3.8, 4) is 0 Å². The average Bonchev–Trinajstić information content (AvgIpc) is 2.84. The quantitative estimate of drug-likeness (QED) is 0.490. The number of anilines is 2. The molecule has 0 aromatic heterocycles. The van der Waals surface area contributed by atoms with Gasteiger partial charge in [-0.05, 0) is 38.8 Å². The molecule has 2 rings (SSSR count). The molecule has 110 valence electrons. The summed E-state index contributed by atoms with van der Waals surface area (Å²) in [6, 6.07) is 5.23. The average molecular weight is 278 g/mol. The number of hydrogen-bond donors (Lipinski definition) is 2. The van der Waals surface area contributed by atoms with Crippen LogP contribution in [0.1, 0.15) is 20.3 Å². The highest BCUT2D eigenvalue weighted by molar-refractivity contribution is 5.61. The maximum absolute atomic E-state index is 10.8. The Morgan fingerprint density at radius 1 is 1.50 bits per heavy atom. The van der Waals surface area contributed by atoms with Crippen LogP contribution in [0.2, 0.25) is 0 Å². The van der Waals surface area contributed by atoms with E-state index in [9.17, 15) is 10.1 Å². The van der Waals surface area contributed by atoms with Crippen LogP contribution in [-0.2, 0) is 0 Å². The molecular weight excluding hydrogens is 256 g/mol. The molecule has 1 atom stereocenters. The van der Waals surface area contributed by atoms with E-state index in [-0.39, 0.29) is 5.69 Å². The zero-order valence-corrected chi connectivity index (χ0v) is 12.0. The second kappa shape index (κ2) is 6.09. The normalized spacial score (nSPS) is 19.4. The van der Waals surface area contributed by atoms with Crippen LogP contribution in [0, 0.1) is 16.0 Å². The van der Waals surface area contributed by atoms with Gasteiger partial charge in [0.15, 0.2) is 0 Å². The maximum atomic E-state index is 10.8. The van der Waals surface area contributed by atoms with Gasteiger partial charge < -0.3 is 16.0 Å². The highest BCUT2D eigenvalue weighted by Crippen LogP contribution is 2.24. The van der Waals surface area contributed by atoms with E-state index in [0.29, 0.717) is 17.6 Å². The van der Waals surface area contributed by atoms with Gasteiger partial charge in [-0.3, -0.25) is 10.1 Å². The van der Waals surface area contributed by atoms with Gasteiger partial charge in [0.25, 0.3) is 5.69 Å². The highest BCUT2D eigenvalue weighted by atomic mass is 16.6. The van der Waals surface area contributed by atoms with Gasteiger partial charge in [0.2, 0.25) is 0 Å². The molecule has 1 fully saturated rings. The van der Waals surface area contributed by atoms with E-state index in [4.69, 9.17) is 5.73 Å². The molecule has 0 radical (unpaired) electrons. The van der Waals surface area contributed by atoms with Crippen molar-refractivity contribution in [1.82, 2.24) is 4.90 Å².